The molecule has 118 valence electrons. The number of nitrogens with one attached hydrogen (secondary N) is 1. The smallest absolute Gasteiger partial charge is 0.236 e. The minimum atomic E-state index is -0.751. The maximum atomic E-state index is 12.6. The third-order valence-corrected chi connectivity index (χ3v) is 4.17. The van der Waals surface area contributed by atoms with Crippen molar-refractivity contribution in [2.75, 3.05) is 19.5 Å². The summed E-state index contributed by atoms with van der Waals surface area (Å²) in [7, 11) is 3.14. The molecule has 22 heavy (non-hydrogen) atoms. The van der Waals surface area contributed by atoms with Crippen LogP contribution in [0.3, 0.4) is 0 Å². The number of hydrogen-bond donors (Lipinski definition) is 1. The molecule has 1 aromatic carbocycles. The van der Waals surface area contributed by atoms with Gasteiger partial charge in [0.05, 0.1) is 19.6 Å². The molecule has 0 aliphatic heterocycles. The molecule has 0 fully saturated rings. The molecule has 0 spiro atoms. The Morgan fingerprint density at radius 2 is 1.86 bits per heavy atom. The van der Waals surface area contributed by atoms with E-state index in [0.717, 1.165) is 10.6 Å². The van der Waals surface area contributed by atoms with Gasteiger partial charge in [-0.2, -0.15) is 0 Å². The van der Waals surface area contributed by atoms with Gasteiger partial charge < -0.3 is 9.47 Å². The fourth-order valence-corrected chi connectivity index (χ4v) is 2.54. The second-order valence-electron chi connectivity index (χ2n) is 5.28. The third kappa shape index (κ3) is 3.19. The molecule has 0 atom stereocenters. The van der Waals surface area contributed by atoms with E-state index >= 15 is 0 Å². The molecule has 0 saturated heterocycles. The highest BCUT2D eigenvalue weighted by Crippen LogP contribution is 2.34. The number of aromatic nitrogens is 2. The Morgan fingerprint density at radius 1 is 1.18 bits per heavy atom. The van der Waals surface area contributed by atoms with Crippen LogP contribution in [0.4, 0.5) is 5.13 Å². The highest BCUT2D eigenvalue weighted by Gasteiger charge is 2.31. The summed E-state index contributed by atoms with van der Waals surface area (Å²) in [5.41, 5.74) is 0.0722. The lowest BCUT2D eigenvalue weighted by Gasteiger charge is -2.24. The average Bonchev–Trinajstić information content (AvgIpc) is 2.91. The van der Waals surface area contributed by atoms with Crippen LogP contribution in [0.5, 0.6) is 11.5 Å². The van der Waals surface area contributed by atoms with Crippen LogP contribution in [0.1, 0.15) is 24.4 Å². The molecule has 6 nitrogen and oxygen atoms in total. The number of carbonyl (C=O) groups excluding carboxylic acids is 1. The first kappa shape index (κ1) is 16.2. The van der Waals surface area contributed by atoms with Gasteiger partial charge in [-0.05, 0) is 38.5 Å². The lowest BCUT2D eigenvalue weighted by atomic mass is 9.83. The van der Waals surface area contributed by atoms with Crippen LogP contribution in [-0.2, 0) is 10.2 Å². The van der Waals surface area contributed by atoms with Gasteiger partial charge in [0.15, 0.2) is 11.5 Å². The van der Waals surface area contributed by atoms with E-state index in [1.807, 2.05) is 32.9 Å². The van der Waals surface area contributed by atoms with Gasteiger partial charge in [-0.1, -0.05) is 17.4 Å². The number of ether oxygens (including phenoxy) is 2. The predicted molar refractivity (Wildman–Crippen MR) is 85.8 cm³/mol. The molecule has 0 aliphatic rings. The van der Waals surface area contributed by atoms with Crippen LogP contribution >= 0.6 is 11.3 Å². The lowest BCUT2D eigenvalue weighted by molar-refractivity contribution is -0.120. The van der Waals surface area contributed by atoms with Gasteiger partial charge in [0.25, 0.3) is 0 Å². The second-order valence-corrected chi connectivity index (χ2v) is 6.46. The summed E-state index contributed by atoms with van der Waals surface area (Å²) in [6.45, 7) is 5.53. The van der Waals surface area contributed by atoms with Gasteiger partial charge in [-0.3, -0.25) is 10.1 Å². The molecule has 0 unspecified atom stereocenters. The quantitative estimate of drug-likeness (QED) is 0.916. The van der Waals surface area contributed by atoms with Crippen molar-refractivity contribution in [2.24, 2.45) is 0 Å². The highest BCUT2D eigenvalue weighted by molar-refractivity contribution is 7.15. The van der Waals surface area contributed by atoms with E-state index in [1.54, 1.807) is 20.3 Å². The van der Waals surface area contributed by atoms with Crippen LogP contribution in [-0.4, -0.2) is 30.3 Å². The summed E-state index contributed by atoms with van der Waals surface area (Å²) in [6, 6.07) is 5.45. The van der Waals surface area contributed by atoms with E-state index in [0.29, 0.717) is 16.6 Å². The van der Waals surface area contributed by atoms with Crippen LogP contribution in [0.2, 0.25) is 0 Å². The number of rotatable bonds is 5. The Hall–Kier alpha value is -2.15. The van der Waals surface area contributed by atoms with Crippen molar-refractivity contribution in [3.8, 4) is 11.5 Å². The highest BCUT2D eigenvalue weighted by atomic mass is 32.1. The SMILES string of the molecule is COc1ccc(C(C)(C)C(=O)Nc2nnc(C)s2)cc1OC. The van der Waals surface area contributed by atoms with Gasteiger partial charge in [-0.25, -0.2) is 0 Å². The molecule has 1 N–H and O–H groups in total. The fourth-order valence-electron chi connectivity index (χ4n) is 1.96. The van der Waals surface area contributed by atoms with E-state index < -0.39 is 5.41 Å². The van der Waals surface area contributed by atoms with Crippen LogP contribution in [0.15, 0.2) is 18.2 Å². The summed E-state index contributed by atoms with van der Waals surface area (Å²) in [6.07, 6.45) is 0. The zero-order chi connectivity index (χ0) is 16.3. The molecule has 0 aliphatic carbocycles. The van der Waals surface area contributed by atoms with Crippen LogP contribution in [0.25, 0.3) is 0 Å². The van der Waals surface area contributed by atoms with Crippen molar-refractivity contribution >= 4 is 22.4 Å². The monoisotopic (exact) mass is 321 g/mol. The average molecular weight is 321 g/mol. The molecule has 1 heterocycles. The van der Waals surface area contributed by atoms with Gasteiger partial charge in [0, 0.05) is 0 Å². The maximum Gasteiger partial charge on any atom is 0.236 e. The topological polar surface area (TPSA) is 73.3 Å². The summed E-state index contributed by atoms with van der Waals surface area (Å²) in [4.78, 5) is 12.6. The zero-order valence-corrected chi connectivity index (χ0v) is 14.1. The summed E-state index contributed by atoms with van der Waals surface area (Å²) < 4.78 is 10.5. The van der Waals surface area contributed by atoms with Crippen molar-refractivity contribution in [3.05, 3.63) is 28.8 Å². The Kier molecular flexibility index (Phi) is 4.65. The van der Waals surface area contributed by atoms with Crippen molar-refractivity contribution in [1.29, 1.82) is 0 Å². The molecule has 0 saturated carbocycles. The molecule has 2 aromatic rings. The number of hydrogen-bond acceptors (Lipinski definition) is 6. The largest absolute Gasteiger partial charge is 0.493 e. The van der Waals surface area contributed by atoms with Crippen LogP contribution < -0.4 is 14.8 Å². The first-order valence-corrected chi connectivity index (χ1v) is 7.54. The maximum absolute atomic E-state index is 12.6. The fraction of sp³-hybridized carbons (Fsp3) is 0.400. The zero-order valence-electron chi connectivity index (χ0n) is 13.3. The lowest BCUT2D eigenvalue weighted by Crippen LogP contribution is -2.34. The number of anilines is 1. The number of aryl methyl sites for hydroxylation is 1. The minimum Gasteiger partial charge on any atom is -0.493 e. The minimum absolute atomic E-state index is 0.157. The molecule has 1 amide bonds. The van der Waals surface area contributed by atoms with Crippen molar-refractivity contribution < 1.29 is 14.3 Å². The Morgan fingerprint density at radius 3 is 2.41 bits per heavy atom. The molecule has 0 bridgehead atoms. The van der Waals surface area contributed by atoms with E-state index in [4.69, 9.17) is 9.47 Å². The van der Waals surface area contributed by atoms with Gasteiger partial charge in [0.1, 0.15) is 5.01 Å². The molecular formula is C15H19N3O3S. The van der Waals surface area contributed by atoms with E-state index in [2.05, 4.69) is 15.5 Å². The molecule has 1 aromatic heterocycles. The number of methoxy groups -OCH3 is 2. The summed E-state index contributed by atoms with van der Waals surface area (Å²) >= 11 is 1.34. The Balaban J connectivity index is 2.26. The standard InChI is InChI=1S/C15H19N3O3S/c1-9-17-18-14(22-9)16-13(19)15(2,3)10-6-7-11(20-4)12(8-10)21-5/h6-8H,1-5H3,(H,16,18,19). The Labute approximate surface area is 133 Å². The van der Waals surface area contributed by atoms with Crippen molar-refractivity contribution in [3.63, 3.8) is 0 Å². The number of nitrogens with zero attached hydrogens (tertiary/aromatic N) is 2. The first-order valence-electron chi connectivity index (χ1n) is 6.72. The van der Waals surface area contributed by atoms with Gasteiger partial charge >= 0.3 is 0 Å². The van der Waals surface area contributed by atoms with Gasteiger partial charge in [0.2, 0.25) is 11.0 Å². The Bertz CT molecular complexity index is 682. The summed E-state index contributed by atoms with van der Waals surface area (Å²) in [5.74, 6) is 1.06. The van der Waals surface area contributed by atoms with E-state index in [-0.39, 0.29) is 5.91 Å². The van der Waals surface area contributed by atoms with Crippen LogP contribution in [0, 0.1) is 6.92 Å². The predicted octanol–water partition coefficient (Wildman–Crippen LogP) is 2.78. The van der Waals surface area contributed by atoms with E-state index in [1.165, 1.54) is 11.3 Å². The summed E-state index contributed by atoms with van der Waals surface area (Å²) in [5, 5.41) is 11.9. The normalized spacial score (nSPS) is 11.1. The number of benzene rings is 1. The first-order chi connectivity index (χ1) is 10.4. The van der Waals surface area contributed by atoms with Crippen molar-refractivity contribution in [2.45, 2.75) is 26.2 Å². The molecule has 7 heteroatoms. The number of amides is 1. The van der Waals surface area contributed by atoms with Crippen molar-refractivity contribution in [1.82, 2.24) is 10.2 Å². The second kappa shape index (κ2) is 6.31. The molecule has 0 radical (unpaired) electrons. The van der Waals surface area contributed by atoms with E-state index in [9.17, 15) is 4.79 Å². The third-order valence-electron chi connectivity index (χ3n) is 3.42. The van der Waals surface area contributed by atoms with Gasteiger partial charge in [-0.15, -0.1) is 10.2 Å². The molecule has 2 rings (SSSR count). The molecular weight excluding hydrogens is 302 g/mol. The number of carbonyl (C=O) groups is 1.